The number of aryl methyl sites for hydroxylation is 1. The van der Waals surface area contributed by atoms with Crippen LogP contribution in [0.4, 0.5) is 5.69 Å². The summed E-state index contributed by atoms with van der Waals surface area (Å²) in [6, 6.07) is 13.5. The van der Waals surface area contributed by atoms with Crippen LogP contribution in [0.2, 0.25) is 0 Å². The third-order valence-electron chi connectivity index (χ3n) is 3.81. The minimum Gasteiger partial charge on any atom is -0.394 e. The lowest BCUT2D eigenvalue weighted by Crippen LogP contribution is -2.39. The number of benzene rings is 2. The molecule has 0 aliphatic heterocycles. The van der Waals surface area contributed by atoms with E-state index in [1.165, 1.54) is 6.07 Å². The van der Waals surface area contributed by atoms with Crippen molar-refractivity contribution in [3.63, 3.8) is 0 Å². The summed E-state index contributed by atoms with van der Waals surface area (Å²) in [5, 5.41) is 23.3. The predicted molar refractivity (Wildman–Crippen MR) is 91.0 cm³/mol. The number of amides is 1. The quantitative estimate of drug-likeness (QED) is 0.603. The number of nitro benzene ring substituents is 1. The maximum atomic E-state index is 12.3. The molecular formula is C18H20N2O4. The summed E-state index contributed by atoms with van der Waals surface area (Å²) in [5.41, 5.74) is 1.72. The Balaban J connectivity index is 2.13. The van der Waals surface area contributed by atoms with Crippen LogP contribution in [0.15, 0.2) is 48.5 Å². The van der Waals surface area contributed by atoms with Crippen LogP contribution in [-0.2, 0) is 12.8 Å². The summed E-state index contributed by atoms with van der Waals surface area (Å²) in [5.74, 6) is -0.435. The van der Waals surface area contributed by atoms with Crippen molar-refractivity contribution in [1.82, 2.24) is 5.32 Å². The van der Waals surface area contributed by atoms with E-state index in [4.69, 9.17) is 0 Å². The topological polar surface area (TPSA) is 92.5 Å². The van der Waals surface area contributed by atoms with Crippen molar-refractivity contribution in [3.8, 4) is 0 Å². The molecule has 0 saturated heterocycles. The largest absolute Gasteiger partial charge is 0.394 e. The van der Waals surface area contributed by atoms with Crippen LogP contribution in [0.25, 0.3) is 0 Å². The highest BCUT2D eigenvalue weighted by atomic mass is 16.6. The SMILES string of the molecule is CCc1ccc(C(=O)NC(CO)Cc2ccccc2)cc1[N+](=O)[O-]. The molecule has 1 amide bonds. The Hall–Kier alpha value is -2.73. The summed E-state index contributed by atoms with van der Waals surface area (Å²) in [6.07, 6.45) is 1.00. The molecule has 2 aromatic rings. The van der Waals surface area contributed by atoms with Crippen molar-refractivity contribution < 1.29 is 14.8 Å². The minimum atomic E-state index is -0.483. The van der Waals surface area contributed by atoms with Gasteiger partial charge in [-0.3, -0.25) is 14.9 Å². The van der Waals surface area contributed by atoms with Crippen LogP contribution >= 0.6 is 0 Å². The summed E-state index contributed by atoms with van der Waals surface area (Å²) in [7, 11) is 0. The number of aliphatic hydroxyl groups is 1. The monoisotopic (exact) mass is 328 g/mol. The highest BCUT2D eigenvalue weighted by Crippen LogP contribution is 2.21. The third-order valence-corrected chi connectivity index (χ3v) is 3.81. The van der Waals surface area contributed by atoms with Gasteiger partial charge in [-0.2, -0.15) is 0 Å². The Kier molecular flexibility index (Phi) is 6.03. The van der Waals surface area contributed by atoms with Crippen LogP contribution < -0.4 is 5.32 Å². The van der Waals surface area contributed by atoms with Gasteiger partial charge in [-0.15, -0.1) is 0 Å². The molecule has 24 heavy (non-hydrogen) atoms. The van der Waals surface area contributed by atoms with E-state index < -0.39 is 16.9 Å². The van der Waals surface area contributed by atoms with E-state index in [2.05, 4.69) is 5.32 Å². The lowest BCUT2D eigenvalue weighted by Gasteiger charge is -2.16. The standard InChI is InChI=1S/C18H20N2O4/c1-2-14-8-9-15(11-17(14)20(23)24)18(22)19-16(12-21)10-13-6-4-3-5-7-13/h3-9,11,16,21H,2,10,12H2,1H3,(H,19,22). The molecule has 6 nitrogen and oxygen atoms in total. The molecule has 0 radical (unpaired) electrons. The Bertz CT molecular complexity index is 716. The van der Waals surface area contributed by atoms with Gasteiger partial charge in [0.15, 0.2) is 0 Å². The first-order chi connectivity index (χ1) is 11.5. The van der Waals surface area contributed by atoms with Crippen LogP contribution in [0.1, 0.15) is 28.4 Å². The Morgan fingerprint density at radius 3 is 2.54 bits per heavy atom. The highest BCUT2D eigenvalue weighted by Gasteiger charge is 2.18. The number of rotatable bonds is 7. The average molecular weight is 328 g/mol. The first-order valence-electron chi connectivity index (χ1n) is 7.78. The van der Waals surface area contributed by atoms with Crippen molar-refractivity contribution in [1.29, 1.82) is 0 Å². The molecule has 2 aromatic carbocycles. The Morgan fingerprint density at radius 1 is 1.25 bits per heavy atom. The minimum absolute atomic E-state index is 0.0613. The van der Waals surface area contributed by atoms with Gasteiger partial charge in [0.2, 0.25) is 0 Å². The molecule has 6 heteroatoms. The fourth-order valence-electron chi connectivity index (χ4n) is 2.50. The van der Waals surface area contributed by atoms with Gasteiger partial charge < -0.3 is 10.4 Å². The van der Waals surface area contributed by atoms with E-state index in [1.54, 1.807) is 12.1 Å². The summed E-state index contributed by atoms with van der Waals surface area (Å²) in [6.45, 7) is 1.61. The molecule has 0 aromatic heterocycles. The molecule has 1 unspecified atom stereocenters. The lowest BCUT2D eigenvalue weighted by molar-refractivity contribution is -0.385. The maximum absolute atomic E-state index is 12.3. The van der Waals surface area contributed by atoms with Crippen molar-refractivity contribution in [2.24, 2.45) is 0 Å². The fraction of sp³-hybridized carbons (Fsp3) is 0.278. The molecule has 126 valence electrons. The molecule has 0 heterocycles. The molecule has 0 aliphatic rings. The second kappa shape index (κ2) is 8.21. The number of carbonyl (C=O) groups excluding carboxylic acids is 1. The smallest absolute Gasteiger partial charge is 0.273 e. The van der Waals surface area contributed by atoms with E-state index in [1.807, 2.05) is 37.3 Å². The van der Waals surface area contributed by atoms with Gasteiger partial charge in [0.25, 0.3) is 11.6 Å². The number of hydrogen-bond donors (Lipinski definition) is 2. The predicted octanol–water partition coefficient (Wildman–Crippen LogP) is 2.49. The normalized spacial score (nSPS) is 11.8. The summed E-state index contributed by atoms with van der Waals surface area (Å²) in [4.78, 5) is 23.0. The van der Waals surface area contributed by atoms with E-state index in [0.717, 1.165) is 5.56 Å². The Morgan fingerprint density at radius 2 is 1.96 bits per heavy atom. The van der Waals surface area contributed by atoms with Crippen molar-refractivity contribution in [2.45, 2.75) is 25.8 Å². The first-order valence-corrected chi connectivity index (χ1v) is 7.78. The molecule has 0 spiro atoms. The van der Waals surface area contributed by atoms with Crippen molar-refractivity contribution in [3.05, 3.63) is 75.3 Å². The number of nitrogens with zero attached hydrogens (tertiary/aromatic N) is 1. The number of aliphatic hydroxyl groups excluding tert-OH is 1. The van der Waals surface area contributed by atoms with Gasteiger partial charge in [0, 0.05) is 17.2 Å². The molecule has 0 saturated carbocycles. The summed E-state index contributed by atoms with van der Waals surface area (Å²) < 4.78 is 0. The van der Waals surface area contributed by atoms with Crippen LogP contribution in [0, 0.1) is 10.1 Å². The molecule has 2 rings (SSSR count). The van der Waals surface area contributed by atoms with Crippen LogP contribution in [0.5, 0.6) is 0 Å². The average Bonchev–Trinajstić information content (AvgIpc) is 2.61. The fourth-order valence-corrected chi connectivity index (χ4v) is 2.50. The zero-order chi connectivity index (χ0) is 17.5. The number of hydrogen-bond acceptors (Lipinski definition) is 4. The first kappa shape index (κ1) is 17.6. The second-order valence-corrected chi connectivity index (χ2v) is 5.50. The molecular weight excluding hydrogens is 308 g/mol. The maximum Gasteiger partial charge on any atom is 0.273 e. The molecule has 0 aliphatic carbocycles. The van der Waals surface area contributed by atoms with E-state index in [-0.39, 0.29) is 17.9 Å². The molecule has 1 atom stereocenters. The van der Waals surface area contributed by atoms with Crippen LogP contribution in [-0.4, -0.2) is 28.6 Å². The molecule has 2 N–H and O–H groups in total. The number of nitro groups is 1. The highest BCUT2D eigenvalue weighted by molar-refractivity contribution is 5.95. The van der Waals surface area contributed by atoms with Crippen molar-refractivity contribution >= 4 is 11.6 Å². The number of carbonyl (C=O) groups is 1. The lowest BCUT2D eigenvalue weighted by atomic mass is 10.0. The van der Waals surface area contributed by atoms with Gasteiger partial charge in [-0.25, -0.2) is 0 Å². The van der Waals surface area contributed by atoms with Crippen LogP contribution in [0.3, 0.4) is 0 Å². The van der Waals surface area contributed by atoms with E-state index in [0.29, 0.717) is 18.4 Å². The van der Waals surface area contributed by atoms with E-state index >= 15 is 0 Å². The Labute approximate surface area is 140 Å². The number of nitrogens with one attached hydrogen (secondary N) is 1. The van der Waals surface area contributed by atoms with Crippen molar-refractivity contribution in [2.75, 3.05) is 6.61 Å². The van der Waals surface area contributed by atoms with E-state index in [9.17, 15) is 20.0 Å². The molecule has 0 bridgehead atoms. The molecule has 0 fully saturated rings. The summed E-state index contributed by atoms with van der Waals surface area (Å²) >= 11 is 0. The van der Waals surface area contributed by atoms with Gasteiger partial charge in [0.05, 0.1) is 17.6 Å². The third kappa shape index (κ3) is 4.39. The second-order valence-electron chi connectivity index (χ2n) is 5.50. The van der Waals surface area contributed by atoms with Gasteiger partial charge in [-0.05, 0) is 24.5 Å². The van der Waals surface area contributed by atoms with Gasteiger partial charge >= 0.3 is 0 Å². The van der Waals surface area contributed by atoms with Gasteiger partial charge in [-0.1, -0.05) is 43.3 Å². The zero-order valence-corrected chi connectivity index (χ0v) is 13.4. The zero-order valence-electron chi connectivity index (χ0n) is 13.4. The van der Waals surface area contributed by atoms with Gasteiger partial charge in [0.1, 0.15) is 0 Å².